The van der Waals surface area contributed by atoms with Crippen molar-refractivity contribution < 1.29 is 14.7 Å². The van der Waals surface area contributed by atoms with Gasteiger partial charge in [-0.05, 0) is 47.8 Å². The number of nitrogens with zero attached hydrogens (tertiary/aromatic N) is 4. The number of aliphatic hydroxyl groups is 1. The molecule has 3 atom stereocenters. The van der Waals surface area contributed by atoms with Crippen LogP contribution in [-0.2, 0) is 21.5 Å². The van der Waals surface area contributed by atoms with Crippen LogP contribution >= 0.6 is 11.3 Å². The Hall–Kier alpha value is -3.04. The average Bonchev–Trinajstić information content (AvgIpc) is 3.59. The van der Waals surface area contributed by atoms with E-state index in [9.17, 15) is 14.7 Å². The molecular weight excluding hydrogens is 498 g/mol. The largest absolute Gasteiger partial charge is 0.391 e. The van der Waals surface area contributed by atoms with E-state index in [4.69, 9.17) is 0 Å². The number of rotatable bonds is 7. The fourth-order valence-corrected chi connectivity index (χ4v) is 6.11. The van der Waals surface area contributed by atoms with Crippen LogP contribution in [0.25, 0.3) is 10.4 Å². The van der Waals surface area contributed by atoms with Crippen molar-refractivity contribution in [3.63, 3.8) is 0 Å². The first-order chi connectivity index (χ1) is 18.1. The number of carbonyl (C=O) groups excluding carboxylic acids is 2. The van der Waals surface area contributed by atoms with Gasteiger partial charge in [0.15, 0.2) is 0 Å². The van der Waals surface area contributed by atoms with E-state index in [0.29, 0.717) is 6.54 Å². The van der Waals surface area contributed by atoms with E-state index >= 15 is 0 Å². The van der Waals surface area contributed by atoms with E-state index in [1.165, 1.54) is 0 Å². The third kappa shape index (κ3) is 5.40. The summed E-state index contributed by atoms with van der Waals surface area (Å²) in [6.07, 6.45) is 6.35. The molecule has 5 rings (SSSR count). The van der Waals surface area contributed by atoms with Crippen molar-refractivity contribution in [2.45, 2.75) is 83.5 Å². The topological polar surface area (TPSA) is 100 Å². The lowest BCUT2D eigenvalue weighted by Gasteiger charge is -2.36. The van der Waals surface area contributed by atoms with Gasteiger partial charge in [0, 0.05) is 25.7 Å². The van der Waals surface area contributed by atoms with Crippen LogP contribution < -0.4 is 5.32 Å². The van der Waals surface area contributed by atoms with Gasteiger partial charge in [0.05, 0.1) is 28.4 Å². The maximum Gasteiger partial charge on any atom is 0.248 e. The third-order valence-electron chi connectivity index (χ3n) is 7.90. The molecule has 2 N–H and O–H groups in total. The summed E-state index contributed by atoms with van der Waals surface area (Å²) >= 11 is 1.61. The molecular formula is C29H37N5O3S. The number of aryl methyl sites for hydroxylation is 1. The summed E-state index contributed by atoms with van der Waals surface area (Å²) < 4.78 is 1.79. The summed E-state index contributed by atoms with van der Waals surface area (Å²) in [5.41, 5.74) is 5.92. The quantitative estimate of drug-likeness (QED) is 0.472. The Morgan fingerprint density at radius 2 is 1.95 bits per heavy atom. The van der Waals surface area contributed by atoms with Gasteiger partial charge in [0.25, 0.3) is 0 Å². The zero-order chi connectivity index (χ0) is 27.0. The Morgan fingerprint density at radius 1 is 1.21 bits per heavy atom. The van der Waals surface area contributed by atoms with Crippen LogP contribution in [-0.4, -0.2) is 55.3 Å². The second-order valence-corrected chi connectivity index (χ2v) is 12.5. The molecule has 1 aromatic carbocycles. The first-order valence-corrected chi connectivity index (χ1v) is 14.3. The summed E-state index contributed by atoms with van der Waals surface area (Å²) in [4.78, 5) is 34.2. The molecule has 38 heavy (non-hydrogen) atoms. The molecule has 1 aliphatic carbocycles. The van der Waals surface area contributed by atoms with Gasteiger partial charge in [-0.2, -0.15) is 5.10 Å². The average molecular weight is 536 g/mol. The number of benzene rings is 1. The van der Waals surface area contributed by atoms with Crippen molar-refractivity contribution in [2.75, 3.05) is 6.54 Å². The SMILES string of the molecule is Cc1ncsc1-c1ccc(CNC(=O)[C@@H]2C[C@@H](O)CN2C(=O)[C@H](C2CCC2)n2cc(C(C)(C)C)cn2)cc1. The highest BCUT2D eigenvalue weighted by Gasteiger charge is 2.45. The fourth-order valence-electron chi connectivity index (χ4n) is 5.30. The van der Waals surface area contributed by atoms with Crippen LogP contribution in [0.1, 0.15) is 69.3 Å². The van der Waals surface area contributed by atoms with Crippen LogP contribution in [0.2, 0.25) is 0 Å². The molecule has 3 heterocycles. The number of nitrogens with one attached hydrogen (secondary N) is 1. The van der Waals surface area contributed by atoms with E-state index < -0.39 is 18.2 Å². The molecule has 0 radical (unpaired) electrons. The second-order valence-electron chi connectivity index (χ2n) is 11.7. The number of aromatic nitrogens is 3. The van der Waals surface area contributed by atoms with E-state index in [1.807, 2.05) is 49.1 Å². The number of aliphatic hydroxyl groups excluding tert-OH is 1. The van der Waals surface area contributed by atoms with Crippen molar-refractivity contribution >= 4 is 23.2 Å². The van der Waals surface area contributed by atoms with Crippen molar-refractivity contribution in [1.82, 2.24) is 25.0 Å². The minimum atomic E-state index is -0.721. The molecule has 3 aromatic rings. The number of hydrogen-bond acceptors (Lipinski definition) is 6. The highest BCUT2D eigenvalue weighted by atomic mass is 32.1. The molecule has 1 saturated heterocycles. The molecule has 2 aromatic heterocycles. The molecule has 202 valence electrons. The third-order valence-corrected chi connectivity index (χ3v) is 8.87. The Bertz CT molecular complexity index is 1290. The maximum absolute atomic E-state index is 13.9. The predicted molar refractivity (Wildman–Crippen MR) is 148 cm³/mol. The van der Waals surface area contributed by atoms with Gasteiger partial charge >= 0.3 is 0 Å². The highest BCUT2D eigenvalue weighted by molar-refractivity contribution is 7.13. The van der Waals surface area contributed by atoms with Crippen molar-refractivity contribution in [2.24, 2.45) is 5.92 Å². The van der Waals surface area contributed by atoms with Crippen LogP contribution in [0.5, 0.6) is 0 Å². The number of likely N-dealkylation sites (tertiary alicyclic amines) is 1. The van der Waals surface area contributed by atoms with E-state index in [1.54, 1.807) is 20.9 Å². The Kier molecular flexibility index (Phi) is 7.42. The summed E-state index contributed by atoms with van der Waals surface area (Å²) in [7, 11) is 0. The normalized spacial score (nSPS) is 20.8. The molecule has 2 aliphatic rings. The monoisotopic (exact) mass is 535 g/mol. The molecule has 1 saturated carbocycles. The van der Waals surface area contributed by atoms with Gasteiger partial charge in [0.1, 0.15) is 12.1 Å². The van der Waals surface area contributed by atoms with Gasteiger partial charge in [0.2, 0.25) is 11.8 Å². The standard InChI is InChI=1S/C29H37N5O3S/c1-18-26(38-17-31-18)21-10-8-19(9-11-21)13-30-27(36)24-12-23(35)16-33(24)28(37)25(20-6-5-7-20)34-15-22(14-32-34)29(2,3)4/h8-11,14-15,17,20,23-25,35H,5-7,12-13,16H2,1-4H3,(H,30,36)/t23-,24+,25+/m1/s1. The zero-order valence-corrected chi connectivity index (χ0v) is 23.4. The minimum absolute atomic E-state index is 0.0740. The molecule has 0 bridgehead atoms. The first kappa shape index (κ1) is 26.6. The Morgan fingerprint density at radius 3 is 2.53 bits per heavy atom. The van der Waals surface area contributed by atoms with E-state index in [-0.39, 0.29) is 36.1 Å². The lowest BCUT2D eigenvalue weighted by Crippen LogP contribution is -2.50. The number of carbonyl (C=O) groups is 2. The predicted octanol–water partition coefficient (Wildman–Crippen LogP) is 4.23. The molecule has 2 fully saturated rings. The number of thiazole rings is 1. The first-order valence-electron chi connectivity index (χ1n) is 13.4. The summed E-state index contributed by atoms with van der Waals surface area (Å²) in [5, 5.41) is 18.0. The van der Waals surface area contributed by atoms with Crippen LogP contribution in [0.15, 0.2) is 42.2 Å². The van der Waals surface area contributed by atoms with Gasteiger partial charge in [-0.25, -0.2) is 4.98 Å². The number of amides is 2. The van der Waals surface area contributed by atoms with Gasteiger partial charge in [-0.15, -0.1) is 11.3 Å². The molecule has 0 unspecified atom stereocenters. The number of β-amino-alcohol motifs (C(OH)–C–C–N with tert-alkyl or cyclic N) is 1. The smallest absolute Gasteiger partial charge is 0.248 e. The molecule has 1 aliphatic heterocycles. The Balaban J connectivity index is 1.28. The summed E-state index contributed by atoms with van der Waals surface area (Å²) in [6.45, 7) is 8.89. The van der Waals surface area contributed by atoms with Crippen molar-refractivity contribution in [3.05, 3.63) is 59.0 Å². The molecule has 9 heteroatoms. The van der Waals surface area contributed by atoms with Crippen molar-refractivity contribution in [1.29, 1.82) is 0 Å². The van der Waals surface area contributed by atoms with Gasteiger partial charge in [-0.1, -0.05) is 51.5 Å². The summed E-state index contributed by atoms with van der Waals surface area (Å²) in [6, 6.07) is 6.92. The molecule has 0 spiro atoms. The zero-order valence-electron chi connectivity index (χ0n) is 22.6. The van der Waals surface area contributed by atoms with Crippen molar-refractivity contribution in [3.8, 4) is 10.4 Å². The lowest BCUT2D eigenvalue weighted by atomic mass is 9.79. The van der Waals surface area contributed by atoms with Gasteiger partial charge < -0.3 is 15.3 Å². The highest BCUT2D eigenvalue weighted by Crippen LogP contribution is 2.39. The van der Waals surface area contributed by atoms with E-state index in [2.05, 4.69) is 36.2 Å². The molecule has 2 amide bonds. The minimum Gasteiger partial charge on any atom is -0.391 e. The lowest BCUT2D eigenvalue weighted by molar-refractivity contribution is -0.143. The van der Waals surface area contributed by atoms with Crippen LogP contribution in [0.3, 0.4) is 0 Å². The van der Waals surface area contributed by atoms with Crippen LogP contribution in [0, 0.1) is 12.8 Å². The maximum atomic E-state index is 13.9. The Labute approximate surface area is 228 Å². The number of hydrogen-bond donors (Lipinski definition) is 2. The van der Waals surface area contributed by atoms with E-state index in [0.717, 1.165) is 46.5 Å². The fraction of sp³-hybridized carbons (Fsp3) is 0.517. The van der Waals surface area contributed by atoms with Crippen LogP contribution in [0.4, 0.5) is 0 Å². The second kappa shape index (κ2) is 10.6. The molecule has 8 nitrogen and oxygen atoms in total. The summed E-state index contributed by atoms with van der Waals surface area (Å²) in [5.74, 6) is -0.169. The van der Waals surface area contributed by atoms with Gasteiger partial charge in [-0.3, -0.25) is 14.3 Å².